The number of ketones is 1. The first kappa shape index (κ1) is 15.3. The number of carbonyl (C=O) groups is 1. The summed E-state index contributed by atoms with van der Waals surface area (Å²) in [6.07, 6.45) is 2.83. The Morgan fingerprint density at radius 2 is 1.96 bits per heavy atom. The molecule has 0 amide bonds. The van der Waals surface area contributed by atoms with Crippen molar-refractivity contribution >= 4 is 16.8 Å². The SMILES string of the molecule is CCCCc1oc2ccccc2c1C(=O)c1cccc(OC)c1. The summed E-state index contributed by atoms with van der Waals surface area (Å²) >= 11 is 0. The Labute approximate surface area is 135 Å². The summed E-state index contributed by atoms with van der Waals surface area (Å²) in [5.41, 5.74) is 2.07. The van der Waals surface area contributed by atoms with Crippen LogP contribution in [0.15, 0.2) is 52.9 Å². The maximum Gasteiger partial charge on any atom is 0.197 e. The van der Waals surface area contributed by atoms with E-state index in [0.29, 0.717) is 16.9 Å². The molecule has 118 valence electrons. The van der Waals surface area contributed by atoms with Gasteiger partial charge in [0.25, 0.3) is 0 Å². The van der Waals surface area contributed by atoms with Gasteiger partial charge in [-0.1, -0.05) is 43.7 Å². The Morgan fingerprint density at radius 1 is 1.13 bits per heavy atom. The van der Waals surface area contributed by atoms with Crippen molar-refractivity contribution in [2.24, 2.45) is 0 Å². The molecule has 0 aliphatic carbocycles. The van der Waals surface area contributed by atoms with E-state index in [1.54, 1.807) is 13.2 Å². The molecule has 2 aromatic carbocycles. The lowest BCUT2D eigenvalue weighted by Gasteiger charge is -2.05. The summed E-state index contributed by atoms with van der Waals surface area (Å²) in [4.78, 5) is 13.1. The van der Waals surface area contributed by atoms with Gasteiger partial charge in [0, 0.05) is 17.4 Å². The van der Waals surface area contributed by atoms with Gasteiger partial charge >= 0.3 is 0 Å². The summed E-state index contributed by atoms with van der Waals surface area (Å²) in [7, 11) is 1.60. The number of rotatable bonds is 6. The van der Waals surface area contributed by atoms with E-state index >= 15 is 0 Å². The highest BCUT2D eigenvalue weighted by molar-refractivity contribution is 6.17. The molecule has 0 aliphatic heterocycles. The molecule has 0 fully saturated rings. The predicted octanol–water partition coefficient (Wildman–Crippen LogP) is 5.02. The van der Waals surface area contributed by atoms with E-state index in [1.165, 1.54) is 0 Å². The lowest BCUT2D eigenvalue weighted by molar-refractivity contribution is 0.103. The van der Waals surface area contributed by atoms with Gasteiger partial charge in [0.1, 0.15) is 17.1 Å². The van der Waals surface area contributed by atoms with Crippen LogP contribution in [0, 0.1) is 0 Å². The van der Waals surface area contributed by atoms with Crippen LogP contribution in [-0.2, 0) is 6.42 Å². The zero-order valence-corrected chi connectivity index (χ0v) is 13.5. The molecule has 0 saturated carbocycles. The van der Waals surface area contributed by atoms with Gasteiger partial charge in [-0.2, -0.15) is 0 Å². The molecule has 0 saturated heterocycles. The summed E-state index contributed by atoms with van der Waals surface area (Å²) < 4.78 is 11.2. The monoisotopic (exact) mass is 308 g/mol. The van der Waals surface area contributed by atoms with Crippen LogP contribution in [0.2, 0.25) is 0 Å². The standard InChI is InChI=1S/C20H20O3/c1-3-4-11-18-19(16-10-5-6-12-17(16)23-18)20(21)14-8-7-9-15(13-14)22-2/h5-10,12-13H,3-4,11H2,1-2H3. The number of ether oxygens (including phenoxy) is 1. The van der Waals surface area contributed by atoms with Gasteiger partial charge in [-0.15, -0.1) is 0 Å². The summed E-state index contributed by atoms with van der Waals surface area (Å²) in [6, 6.07) is 15.0. The zero-order valence-electron chi connectivity index (χ0n) is 13.5. The van der Waals surface area contributed by atoms with Crippen molar-refractivity contribution < 1.29 is 13.9 Å². The molecule has 23 heavy (non-hydrogen) atoms. The van der Waals surface area contributed by atoms with Crippen molar-refractivity contribution in [1.29, 1.82) is 0 Å². The highest BCUT2D eigenvalue weighted by Crippen LogP contribution is 2.30. The number of hydrogen-bond donors (Lipinski definition) is 0. The molecule has 3 aromatic rings. The van der Waals surface area contributed by atoms with Crippen molar-refractivity contribution in [3.05, 3.63) is 65.4 Å². The number of benzene rings is 2. The van der Waals surface area contributed by atoms with Crippen LogP contribution in [0.1, 0.15) is 41.4 Å². The van der Waals surface area contributed by atoms with E-state index < -0.39 is 0 Å². The smallest absolute Gasteiger partial charge is 0.197 e. The van der Waals surface area contributed by atoms with E-state index in [4.69, 9.17) is 9.15 Å². The molecule has 0 bridgehead atoms. The van der Waals surface area contributed by atoms with Gasteiger partial charge in [-0.05, 0) is 24.6 Å². The van der Waals surface area contributed by atoms with Gasteiger partial charge in [0.05, 0.1) is 12.7 Å². The third-order valence-electron chi connectivity index (χ3n) is 3.98. The minimum Gasteiger partial charge on any atom is -0.497 e. The third-order valence-corrected chi connectivity index (χ3v) is 3.98. The minimum atomic E-state index is -0.0139. The molecular weight excluding hydrogens is 288 g/mol. The van der Waals surface area contributed by atoms with E-state index in [0.717, 1.165) is 36.0 Å². The average Bonchev–Trinajstić information content (AvgIpc) is 2.97. The van der Waals surface area contributed by atoms with Gasteiger partial charge < -0.3 is 9.15 Å². The Bertz CT molecular complexity index is 830. The molecule has 3 nitrogen and oxygen atoms in total. The fraction of sp³-hybridized carbons (Fsp3) is 0.250. The zero-order chi connectivity index (χ0) is 16.2. The number of aryl methyl sites for hydroxylation is 1. The quantitative estimate of drug-likeness (QED) is 0.601. The lowest BCUT2D eigenvalue weighted by atomic mass is 9.98. The number of unbranched alkanes of at least 4 members (excludes halogenated alkanes) is 1. The number of carbonyl (C=O) groups excluding carboxylic acids is 1. The van der Waals surface area contributed by atoms with Crippen molar-refractivity contribution in [1.82, 2.24) is 0 Å². The molecule has 0 spiro atoms. The second-order valence-electron chi connectivity index (χ2n) is 5.56. The second kappa shape index (κ2) is 6.69. The van der Waals surface area contributed by atoms with Gasteiger partial charge in [0.2, 0.25) is 0 Å². The maximum atomic E-state index is 13.1. The molecule has 3 heteroatoms. The maximum absolute atomic E-state index is 13.1. The van der Waals surface area contributed by atoms with E-state index in [-0.39, 0.29) is 5.78 Å². The summed E-state index contributed by atoms with van der Waals surface area (Å²) in [6.45, 7) is 2.13. The van der Waals surface area contributed by atoms with Crippen LogP contribution in [-0.4, -0.2) is 12.9 Å². The van der Waals surface area contributed by atoms with Gasteiger partial charge in [0.15, 0.2) is 5.78 Å². The predicted molar refractivity (Wildman–Crippen MR) is 91.3 cm³/mol. The van der Waals surface area contributed by atoms with Crippen molar-refractivity contribution in [3.63, 3.8) is 0 Å². The number of para-hydroxylation sites is 1. The number of methoxy groups -OCH3 is 1. The van der Waals surface area contributed by atoms with E-state index in [9.17, 15) is 4.79 Å². The van der Waals surface area contributed by atoms with E-state index in [1.807, 2.05) is 42.5 Å². The van der Waals surface area contributed by atoms with Crippen LogP contribution in [0.5, 0.6) is 5.75 Å². The average molecular weight is 308 g/mol. The molecule has 1 heterocycles. The Kier molecular flexibility index (Phi) is 4.47. The molecule has 0 atom stereocenters. The largest absolute Gasteiger partial charge is 0.497 e. The summed E-state index contributed by atoms with van der Waals surface area (Å²) in [5, 5.41) is 0.881. The fourth-order valence-corrected chi connectivity index (χ4v) is 2.77. The first-order valence-corrected chi connectivity index (χ1v) is 7.93. The van der Waals surface area contributed by atoms with Crippen molar-refractivity contribution in [3.8, 4) is 5.75 Å². The Hall–Kier alpha value is -2.55. The topological polar surface area (TPSA) is 39.4 Å². The van der Waals surface area contributed by atoms with Gasteiger partial charge in [-0.3, -0.25) is 4.79 Å². The fourth-order valence-electron chi connectivity index (χ4n) is 2.77. The van der Waals surface area contributed by atoms with Crippen LogP contribution < -0.4 is 4.74 Å². The molecule has 0 unspecified atom stereocenters. The van der Waals surface area contributed by atoms with Crippen LogP contribution >= 0.6 is 0 Å². The van der Waals surface area contributed by atoms with Gasteiger partial charge in [-0.25, -0.2) is 0 Å². The number of furan rings is 1. The first-order valence-electron chi connectivity index (χ1n) is 7.93. The number of hydrogen-bond acceptors (Lipinski definition) is 3. The minimum absolute atomic E-state index is 0.0139. The van der Waals surface area contributed by atoms with Crippen molar-refractivity contribution in [2.45, 2.75) is 26.2 Å². The molecule has 3 rings (SSSR count). The highest BCUT2D eigenvalue weighted by atomic mass is 16.5. The van der Waals surface area contributed by atoms with Crippen molar-refractivity contribution in [2.75, 3.05) is 7.11 Å². The van der Waals surface area contributed by atoms with Crippen LogP contribution in [0.4, 0.5) is 0 Å². The normalized spacial score (nSPS) is 10.9. The Balaban J connectivity index is 2.10. The lowest BCUT2D eigenvalue weighted by Crippen LogP contribution is -2.04. The molecule has 0 radical (unpaired) electrons. The third kappa shape index (κ3) is 3.00. The molecule has 0 N–H and O–H groups in total. The number of fused-ring (bicyclic) bond motifs is 1. The molecule has 1 aromatic heterocycles. The van der Waals surface area contributed by atoms with E-state index in [2.05, 4.69) is 6.92 Å². The molecular formula is C20H20O3. The summed E-state index contributed by atoms with van der Waals surface area (Å²) in [5.74, 6) is 1.44. The molecule has 0 aliphatic rings. The highest BCUT2D eigenvalue weighted by Gasteiger charge is 2.21. The van der Waals surface area contributed by atoms with Crippen LogP contribution in [0.3, 0.4) is 0 Å². The first-order chi connectivity index (χ1) is 11.2. The van der Waals surface area contributed by atoms with Crippen LogP contribution in [0.25, 0.3) is 11.0 Å². The Morgan fingerprint density at radius 3 is 2.74 bits per heavy atom. The second-order valence-corrected chi connectivity index (χ2v) is 5.56.